The maximum Gasteiger partial charge on any atom is 0.251 e. The van der Waals surface area contributed by atoms with Crippen LogP contribution in [-0.2, 0) is 13.0 Å². The Bertz CT molecular complexity index is 937. The molecule has 6 nitrogen and oxygen atoms in total. The number of piperazine rings is 1. The number of rotatable bonds is 4. The summed E-state index contributed by atoms with van der Waals surface area (Å²) >= 11 is 0. The van der Waals surface area contributed by atoms with Crippen LogP contribution < -0.4 is 5.56 Å². The van der Waals surface area contributed by atoms with Crippen molar-refractivity contribution in [2.75, 3.05) is 39.8 Å². The van der Waals surface area contributed by atoms with E-state index in [1.165, 1.54) is 5.70 Å². The predicted molar refractivity (Wildman–Crippen MR) is 108 cm³/mol. The van der Waals surface area contributed by atoms with E-state index in [1.54, 1.807) is 0 Å². The number of aryl methyl sites for hydroxylation is 1. The molecule has 1 N–H and O–H groups in total. The van der Waals surface area contributed by atoms with Gasteiger partial charge in [0.05, 0.1) is 16.7 Å². The molecule has 0 unspecified atom stereocenters. The first-order chi connectivity index (χ1) is 13.1. The third-order valence-electron chi connectivity index (χ3n) is 5.39. The largest absolute Gasteiger partial charge is 0.375 e. The fourth-order valence-electron chi connectivity index (χ4n) is 3.79. The molecule has 0 saturated carbocycles. The molecule has 2 aliphatic rings. The second-order valence-electron chi connectivity index (χ2n) is 7.41. The van der Waals surface area contributed by atoms with Crippen LogP contribution in [-0.4, -0.2) is 64.4 Å². The molecule has 1 fully saturated rings. The number of pyridine rings is 2. The van der Waals surface area contributed by atoms with Crippen molar-refractivity contribution in [3.05, 3.63) is 63.9 Å². The van der Waals surface area contributed by atoms with E-state index in [9.17, 15) is 4.79 Å². The lowest BCUT2D eigenvalue weighted by Crippen LogP contribution is -2.45. The number of nitrogens with zero attached hydrogens (tertiary/aromatic N) is 4. The van der Waals surface area contributed by atoms with Crippen LogP contribution in [0.3, 0.4) is 0 Å². The molecule has 6 heteroatoms. The number of hydrogen-bond donors (Lipinski definition) is 1. The molecule has 0 aliphatic carbocycles. The Labute approximate surface area is 159 Å². The number of nitrogens with one attached hydrogen (secondary N) is 1. The maximum atomic E-state index is 12.1. The van der Waals surface area contributed by atoms with Crippen LogP contribution in [0.15, 0.2) is 47.2 Å². The average molecular weight is 365 g/mol. The Hall–Kier alpha value is -2.60. The van der Waals surface area contributed by atoms with E-state index >= 15 is 0 Å². The first-order valence-electron chi connectivity index (χ1n) is 9.69. The second kappa shape index (κ2) is 7.56. The molecule has 0 radical (unpaired) electrons. The van der Waals surface area contributed by atoms with E-state index in [0.29, 0.717) is 0 Å². The van der Waals surface area contributed by atoms with Crippen molar-refractivity contribution >= 4 is 11.0 Å². The number of aromatic amines is 1. The number of likely N-dealkylation sites (N-methyl/N-ethyl adjacent to an activating group) is 1. The lowest BCUT2D eigenvalue weighted by Gasteiger charge is -2.37. The Kier molecular flexibility index (Phi) is 4.99. The molecule has 142 valence electrons. The first-order valence-corrected chi connectivity index (χ1v) is 9.69. The summed E-state index contributed by atoms with van der Waals surface area (Å²) in [5, 5.41) is 0. The van der Waals surface area contributed by atoms with Crippen molar-refractivity contribution in [2.45, 2.75) is 19.9 Å². The normalized spacial score (nSPS) is 18.2. The van der Waals surface area contributed by atoms with Crippen molar-refractivity contribution in [1.29, 1.82) is 0 Å². The number of H-pyrrole nitrogens is 1. The van der Waals surface area contributed by atoms with Crippen molar-refractivity contribution < 1.29 is 0 Å². The molecule has 2 aromatic heterocycles. The van der Waals surface area contributed by atoms with Gasteiger partial charge in [-0.15, -0.1) is 0 Å². The van der Waals surface area contributed by atoms with Crippen molar-refractivity contribution in [2.24, 2.45) is 0 Å². The molecule has 0 bridgehead atoms. The van der Waals surface area contributed by atoms with Gasteiger partial charge in [0, 0.05) is 64.3 Å². The third-order valence-corrected chi connectivity index (χ3v) is 5.39. The van der Waals surface area contributed by atoms with Crippen molar-refractivity contribution in [1.82, 2.24) is 24.7 Å². The monoisotopic (exact) mass is 365 g/mol. The lowest BCUT2D eigenvalue weighted by atomic mass is 10.1. The molecule has 2 aromatic rings. The van der Waals surface area contributed by atoms with E-state index in [1.807, 2.05) is 19.2 Å². The molecule has 27 heavy (non-hydrogen) atoms. The van der Waals surface area contributed by atoms with Crippen LogP contribution in [0.4, 0.5) is 0 Å². The summed E-state index contributed by atoms with van der Waals surface area (Å²) in [6, 6.07) is 3.97. The van der Waals surface area contributed by atoms with Crippen LogP contribution in [0.2, 0.25) is 0 Å². The fourth-order valence-corrected chi connectivity index (χ4v) is 3.79. The Morgan fingerprint density at radius 3 is 2.74 bits per heavy atom. The molecule has 1 saturated heterocycles. The van der Waals surface area contributed by atoms with E-state index < -0.39 is 0 Å². The third kappa shape index (κ3) is 3.90. The molecular formula is C21H27N5O. The molecule has 0 spiro atoms. The molecule has 4 heterocycles. The predicted octanol–water partition coefficient (Wildman–Crippen LogP) is 1.95. The zero-order valence-electron chi connectivity index (χ0n) is 16.1. The molecule has 2 aliphatic heterocycles. The van der Waals surface area contributed by atoms with Crippen LogP contribution in [0, 0.1) is 0 Å². The molecule has 0 aromatic carbocycles. The minimum atomic E-state index is -0.00339. The van der Waals surface area contributed by atoms with E-state index in [2.05, 4.69) is 56.1 Å². The topological polar surface area (TPSA) is 55.5 Å². The quantitative estimate of drug-likeness (QED) is 0.898. The number of allylic oxidation sites excluding steroid dienone is 1. The van der Waals surface area contributed by atoms with E-state index in [4.69, 9.17) is 0 Å². The summed E-state index contributed by atoms with van der Waals surface area (Å²) in [6.45, 7) is 7.95. The van der Waals surface area contributed by atoms with Gasteiger partial charge in [-0.2, -0.15) is 0 Å². The zero-order chi connectivity index (χ0) is 18.8. The van der Waals surface area contributed by atoms with Gasteiger partial charge in [0.15, 0.2) is 0 Å². The Morgan fingerprint density at radius 1 is 1.19 bits per heavy atom. The van der Waals surface area contributed by atoms with E-state index in [0.717, 1.165) is 67.8 Å². The highest BCUT2D eigenvalue weighted by Gasteiger charge is 2.19. The summed E-state index contributed by atoms with van der Waals surface area (Å²) in [5.41, 5.74) is 4.92. The standard InChI is InChI=1S/C21H27N5O/c1-3-17-12-19-20(23-21(17)27)11-16(13-22-19)14-25-7-9-26(10-8-25)18-5-4-6-24(2)15-18/h4-5,11-13,15H,3,6-10,14H2,1-2H3,(H,23,27). The smallest absolute Gasteiger partial charge is 0.251 e. The highest BCUT2D eigenvalue weighted by molar-refractivity contribution is 5.74. The second-order valence-corrected chi connectivity index (χ2v) is 7.41. The average Bonchev–Trinajstić information content (AvgIpc) is 2.68. The van der Waals surface area contributed by atoms with Gasteiger partial charge < -0.3 is 14.8 Å². The van der Waals surface area contributed by atoms with Gasteiger partial charge in [-0.25, -0.2) is 0 Å². The summed E-state index contributed by atoms with van der Waals surface area (Å²) in [7, 11) is 2.11. The number of aromatic nitrogens is 2. The summed E-state index contributed by atoms with van der Waals surface area (Å²) < 4.78 is 0. The number of hydrogen-bond acceptors (Lipinski definition) is 5. The Balaban J connectivity index is 1.41. The summed E-state index contributed by atoms with van der Waals surface area (Å²) in [6.07, 6.45) is 9.33. The van der Waals surface area contributed by atoms with Crippen LogP contribution in [0.1, 0.15) is 18.1 Å². The van der Waals surface area contributed by atoms with Crippen molar-refractivity contribution in [3.8, 4) is 0 Å². The van der Waals surface area contributed by atoms with Gasteiger partial charge in [-0.1, -0.05) is 13.0 Å². The zero-order valence-corrected chi connectivity index (χ0v) is 16.1. The van der Waals surface area contributed by atoms with Gasteiger partial charge in [0.1, 0.15) is 0 Å². The maximum absolute atomic E-state index is 12.1. The van der Waals surface area contributed by atoms with Gasteiger partial charge in [0.25, 0.3) is 5.56 Å². The first kappa shape index (κ1) is 17.8. The highest BCUT2D eigenvalue weighted by Crippen LogP contribution is 2.17. The molecule has 0 atom stereocenters. The minimum Gasteiger partial charge on any atom is -0.375 e. The van der Waals surface area contributed by atoms with Crippen LogP contribution >= 0.6 is 0 Å². The highest BCUT2D eigenvalue weighted by atomic mass is 16.1. The summed E-state index contributed by atoms with van der Waals surface area (Å²) in [4.78, 5) is 26.7. The van der Waals surface area contributed by atoms with E-state index in [-0.39, 0.29) is 5.56 Å². The van der Waals surface area contributed by atoms with Gasteiger partial charge in [-0.05, 0) is 30.2 Å². The SMILES string of the molecule is CCc1cc2ncc(CN3CCN(C4=CN(C)CC=C4)CC3)cc2[nH]c1=O. The lowest BCUT2D eigenvalue weighted by molar-refractivity contribution is 0.153. The number of fused-ring (bicyclic) bond motifs is 1. The minimum absolute atomic E-state index is 0.00339. The van der Waals surface area contributed by atoms with Crippen LogP contribution in [0.25, 0.3) is 11.0 Å². The molecular weight excluding hydrogens is 338 g/mol. The van der Waals surface area contributed by atoms with Gasteiger partial charge in [-0.3, -0.25) is 14.7 Å². The van der Waals surface area contributed by atoms with Crippen molar-refractivity contribution in [3.63, 3.8) is 0 Å². The fraction of sp³-hybridized carbons (Fsp3) is 0.429. The molecule has 4 rings (SSSR count). The molecule has 0 amide bonds. The Morgan fingerprint density at radius 2 is 2.00 bits per heavy atom. The van der Waals surface area contributed by atoms with Crippen LogP contribution in [0.5, 0.6) is 0 Å². The summed E-state index contributed by atoms with van der Waals surface area (Å²) in [5.74, 6) is 0. The van der Waals surface area contributed by atoms with Gasteiger partial charge in [0.2, 0.25) is 0 Å². The van der Waals surface area contributed by atoms with Gasteiger partial charge >= 0.3 is 0 Å².